The standard InChI is InChI=1S/C11H9BrN2O/c1-7-10(13-6-15)8-4-3-5-9(12)11(8)14(7)2/h3-5H,1-2H3. The number of aromatic nitrogens is 1. The maximum Gasteiger partial charge on any atom is 0.240 e. The molecule has 0 unspecified atom stereocenters. The average molecular weight is 265 g/mol. The minimum absolute atomic E-state index is 0.698. The van der Waals surface area contributed by atoms with Crippen molar-refractivity contribution >= 4 is 38.6 Å². The molecule has 0 aliphatic heterocycles. The topological polar surface area (TPSA) is 34.4 Å². The molecule has 3 nitrogen and oxygen atoms in total. The van der Waals surface area contributed by atoms with Crippen LogP contribution in [-0.2, 0) is 11.8 Å². The summed E-state index contributed by atoms with van der Waals surface area (Å²) in [6.45, 7) is 1.93. The fourth-order valence-corrected chi connectivity index (χ4v) is 2.39. The molecule has 4 heteroatoms. The van der Waals surface area contributed by atoms with Crippen LogP contribution in [-0.4, -0.2) is 10.6 Å². The summed E-state index contributed by atoms with van der Waals surface area (Å²) in [4.78, 5) is 14.1. The summed E-state index contributed by atoms with van der Waals surface area (Å²) in [5.41, 5.74) is 2.70. The molecular weight excluding hydrogens is 256 g/mol. The number of fused-ring (bicyclic) bond motifs is 1. The monoisotopic (exact) mass is 264 g/mol. The van der Waals surface area contributed by atoms with E-state index in [0.29, 0.717) is 5.69 Å². The van der Waals surface area contributed by atoms with Gasteiger partial charge in [-0.15, -0.1) is 0 Å². The maximum absolute atomic E-state index is 10.4. The number of hydrogen-bond acceptors (Lipinski definition) is 2. The third-order valence-electron chi connectivity index (χ3n) is 2.58. The Balaban J connectivity index is 2.99. The van der Waals surface area contributed by atoms with Crippen LogP contribution in [0.5, 0.6) is 0 Å². The van der Waals surface area contributed by atoms with Gasteiger partial charge in [0.25, 0.3) is 0 Å². The molecule has 0 amide bonds. The van der Waals surface area contributed by atoms with Gasteiger partial charge in [0.15, 0.2) is 0 Å². The van der Waals surface area contributed by atoms with Crippen molar-refractivity contribution in [3.63, 3.8) is 0 Å². The predicted octanol–water partition coefficient (Wildman–Crippen LogP) is 3.22. The van der Waals surface area contributed by atoms with Gasteiger partial charge in [-0.1, -0.05) is 12.1 Å². The number of nitrogens with zero attached hydrogens (tertiary/aromatic N) is 2. The number of halogens is 1. The first kappa shape index (κ1) is 10.1. The van der Waals surface area contributed by atoms with Crippen LogP contribution in [0.4, 0.5) is 5.69 Å². The fourth-order valence-electron chi connectivity index (χ4n) is 1.76. The number of rotatable bonds is 1. The number of para-hydroxylation sites is 1. The third kappa shape index (κ3) is 1.42. The smallest absolute Gasteiger partial charge is 0.240 e. The fraction of sp³-hybridized carbons (Fsp3) is 0.182. The number of hydrogen-bond donors (Lipinski definition) is 0. The van der Waals surface area contributed by atoms with E-state index in [1.165, 1.54) is 0 Å². The summed E-state index contributed by atoms with van der Waals surface area (Å²) in [5.74, 6) is 0. The van der Waals surface area contributed by atoms with Crippen LogP contribution in [0.2, 0.25) is 0 Å². The average Bonchev–Trinajstić information content (AvgIpc) is 2.45. The summed E-state index contributed by atoms with van der Waals surface area (Å²) in [6.07, 6.45) is 1.60. The van der Waals surface area contributed by atoms with Gasteiger partial charge in [-0.25, -0.2) is 4.79 Å². The highest BCUT2D eigenvalue weighted by Crippen LogP contribution is 2.35. The Morgan fingerprint density at radius 1 is 1.47 bits per heavy atom. The molecule has 2 aromatic rings. The zero-order chi connectivity index (χ0) is 11.0. The van der Waals surface area contributed by atoms with Crippen LogP contribution < -0.4 is 0 Å². The van der Waals surface area contributed by atoms with Gasteiger partial charge < -0.3 is 4.57 Å². The largest absolute Gasteiger partial charge is 0.345 e. The summed E-state index contributed by atoms with van der Waals surface area (Å²) in [5, 5.41) is 0.965. The van der Waals surface area contributed by atoms with Crippen LogP contribution in [0, 0.1) is 6.92 Å². The Bertz CT molecular complexity index is 580. The number of carbonyl (C=O) groups excluding carboxylic acids is 1. The van der Waals surface area contributed by atoms with E-state index in [4.69, 9.17) is 0 Å². The normalized spacial score (nSPS) is 10.3. The minimum atomic E-state index is 0.698. The van der Waals surface area contributed by atoms with Crippen LogP contribution in [0.15, 0.2) is 27.7 Å². The van der Waals surface area contributed by atoms with Crippen molar-refractivity contribution in [1.29, 1.82) is 0 Å². The van der Waals surface area contributed by atoms with Crippen molar-refractivity contribution in [2.45, 2.75) is 6.92 Å². The lowest BCUT2D eigenvalue weighted by Crippen LogP contribution is -1.89. The van der Waals surface area contributed by atoms with Gasteiger partial charge in [-0.05, 0) is 28.9 Å². The van der Waals surface area contributed by atoms with Crippen LogP contribution in [0.3, 0.4) is 0 Å². The summed E-state index contributed by atoms with van der Waals surface area (Å²) < 4.78 is 3.01. The lowest BCUT2D eigenvalue weighted by molar-refractivity contribution is 0.565. The van der Waals surface area contributed by atoms with E-state index in [2.05, 4.69) is 20.9 Å². The molecule has 0 saturated carbocycles. The van der Waals surface area contributed by atoms with Gasteiger partial charge in [0.1, 0.15) is 5.69 Å². The van der Waals surface area contributed by atoms with Gasteiger partial charge >= 0.3 is 0 Å². The molecule has 0 spiro atoms. The molecule has 1 heterocycles. The minimum Gasteiger partial charge on any atom is -0.345 e. The molecule has 0 atom stereocenters. The van der Waals surface area contributed by atoms with Gasteiger partial charge in [-0.3, -0.25) is 0 Å². The van der Waals surface area contributed by atoms with Crippen molar-refractivity contribution < 1.29 is 4.79 Å². The van der Waals surface area contributed by atoms with Gasteiger partial charge in [-0.2, -0.15) is 4.99 Å². The molecular formula is C11H9BrN2O. The molecule has 0 aliphatic carbocycles. The highest BCUT2D eigenvalue weighted by Gasteiger charge is 2.12. The quantitative estimate of drug-likeness (QED) is 0.575. The molecule has 1 aromatic heterocycles. The zero-order valence-corrected chi connectivity index (χ0v) is 10.00. The van der Waals surface area contributed by atoms with E-state index >= 15 is 0 Å². The molecule has 2 rings (SSSR count). The van der Waals surface area contributed by atoms with Gasteiger partial charge in [0.2, 0.25) is 6.08 Å². The van der Waals surface area contributed by atoms with Crippen molar-refractivity contribution in [3.8, 4) is 0 Å². The van der Waals surface area contributed by atoms with Crippen LogP contribution in [0.1, 0.15) is 5.69 Å². The predicted molar refractivity (Wildman–Crippen MR) is 63.1 cm³/mol. The third-order valence-corrected chi connectivity index (χ3v) is 3.22. The second-order valence-electron chi connectivity index (χ2n) is 3.33. The van der Waals surface area contributed by atoms with E-state index in [0.717, 1.165) is 21.1 Å². The molecule has 1 aromatic carbocycles. The van der Waals surface area contributed by atoms with E-state index in [1.54, 1.807) is 6.08 Å². The van der Waals surface area contributed by atoms with Gasteiger partial charge in [0.05, 0.1) is 5.52 Å². The van der Waals surface area contributed by atoms with E-state index in [9.17, 15) is 4.79 Å². The molecule has 76 valence electrons. The van der Waals surface area contributed by atoms with Crippen molar-refractivity contribution in [1.82, 2.24) is 4.57 Å². The van der Waals surface area contributed by atoms with Crippen LogP contribution >= 0.6 is 15.9 Å². The van der Waals surface area contributed by atoms with Crippen molar-refractivity contribution in [2.24, 2.45) is 12.0 Å². The number of isocyanates is 1. The highest BCUT2D eigenvalue weighted by atomic mass is 79.9. The summed E-state index contributed by atoms with van der Waals surface area (Å²) in [6, 6.07) is 5.84. The zero-order valence-electron chi connectivity index (χ0n) is 8.41. The molecule has 0 N–H and O–H groups in total. The second kappa shape index (κ2) is 3.65. The lowest BCUT2D eigenvalue weighted by atomic mass is 10.2. The number of aliphatic imine (C=N–C) groups is 1. The Morgan fingerprint density at radius 3 is 2.87 bits per heavy atom. The van der Waals surface area contributed by atoms with E-state index in [-0.39, 0.29) is 0 Å². The summed E-state index contributed by atoms with van der Waals surface area (Å²) in [7, 11) is 1.95. The number of aryl methyl sites for hydroxylation is 1. The first-order valence-electron chi connectivity index (χ1n) is 4.48. The Morgan fingerprint density at radius 2 is 2.20 bits per heavy atom. The van der Waals surface area contributed by atoms with Gasteiger partial charge in [0, 0.05) is 22.6 Å². The number of benzene rings is 1. The maximum atomic E-state index is 10.4. The van der Waals surface area contributed by atoms with E-state index in [1.807, 2.05) is 36.7 Å². The second-order valence-corrected chi connectivity index (χ2v) is 4.19. The molecule has 0 fully saturated rings. The molecule has 0 radical (unpaired) electrons. The Hall–Kier alpha value is -1.38. The Labute approximate surface area is 95.6 Å². The summed E-state index contributed by atoms with van der Waals surface area (Å²) >= 11 is 3.49. The molecule has 0 bridgehead atoms. The first-order valence-corrected chi connectivity index (χ1v) is 5.27. The molecule has 15 heavy (non-hydrogen) atoms. The van der Waals surface area contributed by atoms with E-state index < -0.39 is 0 Å². The first-order chi connectivity index (χ1) is 7.16. The molecule has 0 aliphatic rings. The molecule has 0 saturated heterocycles. The Kier molecular flexibility index (Phi) is 2.47. The SMILES string of the molecule is Cc1c(N=C=O)c2cccc(Br)c2n1C. The highest BCUT2D eigenvalue weighted by molar-refractivity contribution is 9.10. The van der Waals surface area contributed by atoms with Crippen molar-refractivity contribution in [3.05, 3.63) is 28.4 Å². The van der Waals surface area contributed by atoms with Crippen molar-refractivity contribution in [2.75, 3.05) is 0 Å². The van der Waals surface area contributed by atoms with Crippen LogP contribution in [0.25, 0.3) is 10.9 Å². The lowest BCUT2D eigenvalue weighted by Gasteiger charge is -1.99.